The summed E-state index contributed by atoms with van der Waals surface area (Å²) in [7, 11) is 1.94. The van der Waals surface area contributed by atoms with Crippen LogP contribution in [0.5, 0.6) is 0 Å². The summed E-state index contributed by atoms with van der Waals surface area (Å²) in [6.07, 6.45) is 3.70. The number of para-hydroxylation sites is 1. The summed E-state index contributed by atoms with van der Waals surface area (Å²) >= 11 is 0. The molecule has 0 fully saturated rings. The van der Waals surface area contributed by atoms with Crippen molar-refractivity contribution in [3.05, 3.63) is 47.9 Å². The lowest BCUT2D eigenvalue weighted by atomic mass is 10.2. The van der Waals surface area contributed by atoms with Crippen molar-refractivity contribution in [3.8, 4) is 0 Å². The largest absolute Gasteiger partial charge is 0.350 e. The Morgan fingerprint density at radius 2 is 2.05 bits per heavy atom. The van der Waals surface area contributed by atoms with Crippen molar-refractivity contribution in [1.29, 1.82) is 0 Å². The van der Waals surface area contributed by atoms with Gasteiger partial charge in [-0.15, -0.1) is 0 Å². The molecule has 0 atom stereocenters. The minimum atomic E-state index is 0.641. The van der Waals surface area contributed by atoms with Gasteiger partial charge in [0.15, 0.2) is 0 Å². The SMILES string of the molecule is Cc1c(CNc2ncc3ccccc3n2)cnn1C. The van der Waals surface area contributed by atoms with E-state index < -0.39 is 0 Å². The number of nitrogens with one attached hydrogen (secondary N) is 1. The summed E-state index contributed by atoms with van der Waals surface area (Å²) in [5.41, 5.74) is 3.25. The first-order valence-corrected chi connectivity index (χ1v) is 6.17. The van der Waals surface area contributed by atoms with E-state index in [2.05, 4.69) is 20.4 Å². The molecule has 1 N–H and O–H groups in total. The van der Waals surface area contributed by atoms with Crippen LogP contribution in [-0.4, -0.2) is 19.7 Å². The predicted octanol–water partition coefficient (Wildman–Crippen LogP) is 2.28. The second-order valence-corrected chi connectivity index (χ2v) is 4.48. The molecule has 0 saturated heterocycles. The van der Waals surface area contributed by atoms with Crippen LogP contribution in [-0.2, 0) is 13.6 Å². The highest BCUT2D eigenvalue weighted by molar-refractivity contribution is 5.78. The molecule has 3 rings (SSSR count). The average molecular weight is 253 g/mol. The third-order valence-corrected chi connectivity index (χ3v) is 3.26. The molecule has 0 aliphatic rings. The van der Waals surface area contributed by atoms with Gasteiger partial charge in [0.2, 0.25) is 5.95 Å². The molecule has 0 aliphatic carbocycles. The van der Waals surface area contributed by atoms with Crippen molar-refractivity contribution in [1.82, 2.24) is 19.7 Å². The molecule has 0 aliphatic heterocycles. The highest BCUT2D eigenvalue weighted by atomic mass is 15.3. The summed E-state index contributed by atoms with van der Waals surface area (Å²) in [5.74, 6) is 0.641. The molecule has 1 aromatic carbocycles. The summed E-state index contributed by atoms with van der Waals surface area (Å²) < 4.78 is 1.86. The van der Waals surface area contributed by atoms with E-state index in [-0.39, 0.29) is 0 Å². The lowest BCUT2D eigenvalue weighted by Crippen LogP contribution is -2.04. The topological polar surface area (TPSA) is 55.6 Å². The summed E-state index contributed by atoms with van der Waals surface area (Å²) in [6.45, 7) is 2.73. The summed E-state index contributed by atoms with van der Waals surface area (Å²) in [6, 6.07) is 7.95. The number of hydrogen-bond acceptors (Lipinski definition) is 4. The van der Waals surface area contributed by atoms with Gasteiger partial charge >= 0.3 is 0 Å². The number of fused-ring (bicyclic) bond motifs is 1. The third-order valence-electron chi connectivity index (χ3n) is 3.26. The first-order chi connectivity index (χ1) is 9.24. The Kier molecular flexibility index (Phi) is 2.87. The summed E-state index contributed by atoms with van der Waals surface area (Å²) in [4.78, 5) is 8.79. The molecule has 0 bridgehead atoms. The maximum atomic E-state index is 4.48. The molecule has 0 radical (unpaired) electrons. The molecular weight excluding hydrogens is 238 g/mol. The number of rotatable bonds is 3. The van der Waals surface area contributed by atoms with Gasteiger partial charge < -0.3 is 5.32 Å². The van der Waals surface area contributed by atoms with Gasteiger partial charge in [0.1, 0.15) is 0 Å². The van der Waals surface area contributed by atoms with Crippen LogP contribution in [0.4, 0.5) is 5.95 Å². The van der Waals surface area contributed by atoms with Gasteiger partial charge in [-0.3, -0.25) is 4.68 Å². The lowest BCUT2D eigenvalue weighted by Gasteiger charge is -2.05. The Balaban J connectivity index is 1.80. The van der Waals surface area contributed by atoms with E-state index in [9.17, 15) is 0 Å². The fourth-order valence-electron chi connectivity index (χ4n) is 1.95. The molecule has 0 unspecified atom stereocenters. The third kappa shape index (κ3) is 2.27. The predicted molar refractivity (Wildman–Crippen MR) is 74.8 cm³/mol. The Morgan fingerprint density at radius 3 is 2.84 bits per heavy atom. The van der Waals surface area contributed by atoms with E-state index in [4.69, 9.17) is 0 Å². The van der Waals surface area contributed by atoms with Crippen LogP contribution < -0.4 is 5.32 Å². The minimum absolute atomic E-state index is 0.641. The maximum Gasteiger partial charge on any atom is 0.223 e. The van der Waals surface area contributed by atoms with Crippen LogP contribution in [0, 0.1) is 6.92 Å². The lowest BCUT2D eigenvalue weighted by molar-refractivity contribution is 0.738. The van der Waals surface area contributed by atoms with E-state index in [0.717, 1.165) is 22.2 Å². The first kappa shape index (κ1) is 11.6. The molecule has 2 heterocycles. The van der Waals surface area contributed by atoms with Gasteiger partial charge in [-0.2, -0.15) is 5.10 Å². The van der Waals surface area contributed by atoms with Crippen LogP contribution in [0.15, 0.2) is 36.7 Å². The molecule has 0 spiro atoms. The van der Waals surface area contributed by atoms with Gasteiger partial charge in [-0.25, -0.2) is 9.97 Å². The van der Waals surface area contributed by atoms with Gasteiger partial charge in [0, 0.05) is 36.4 Å². The average Bonchev–Trinajstić information content (AvgIpc) is 2.76. The molecule has 19 heavy (non-hydrogen) atoms. The van der Waals surface area contributed by atoms with Gasteiger partial charge in [-0.05, 0) is 13.0 Å². The van der Waals surface area contributed by atoms with E-state index in [1.54, 1.807) is 0 Å². The van der Waals surface area contributed by atoms with Crippen LogP contribution in [0.2, 0.25) is 0 Å². The molecule has 5 nitrogen and oxygen atoms in total. The van der Waals surface area contributed by atoms with Crippen LogP contribution in [0.1, 0.15) is 11.3 Å². The van der Waals surface area contributed by atoms with Crippen LogP contribution in [0.25, 0.3) is 10.9 Å². The first-order valence-electron chi connectivity index (χ1n) is 6.17. The Morgan fingerprint density at radius 1 is 1.21 bits per heavy atom. The molecule has 5 heteroatoms. The van der Waals surface area contributed by atoms with Crippen molar-refractivity contribution in [2.24, 2.45) is 7.05 Å². The second kappa shape index (κ2) is 4.68. The van der Waals surface area contributed by atoms with Crippen molar-refractivity contribution < 1.29 is 0 Å². The zero-order valence-corrected chi connectivity index (χ0v) is 11.0. The number of hydrogen-bond donors (Lipinski definition) is 1. The van der Waals surface area contributed by atoms with Crippen LogP contribution in [0.3, 0.4) is 0 Å². The number of aryl methyl sites for hydroxylation is 1. The number of benzene rings is 1. The normalized spacial score (nSPS) is 10.8. The molecule has 96 valence electrons. The van der Waals surface area contributed by atoms with Gasteiger partial charge in [0.05, 0.1) is 11.7 Å². The van der Waals surface area contributed by atoms with Crippen molar-refractivity contribution in [2.75, 3.05) is 5.32 Å². The number of anilines is 1. The van der Waals surface area contributed by atoms with Crippen molar-refractivity contribution in [2.45, 2.75) is 13.5 Å². The standard InChI is InChI=1S/C14H15N5/c1-10-12(9-17-19(10)2)8-16-14-15-7-11-5-3-4-6-13(11)18-14/h3-7,9H,8H2,1-2H3,(H,15,16,18). The Labute approximate surface area is 111 Å². The fraction of sp³-hybridized carbons (Fsp3) is 0.214. The van der Waals surface area contributed by atoms with Crippen LogP contribution >= 0.6 is 0 Å². The van der Waals surface area contributed by atoms with Gasteiger partial charge in [0.25, 0.3) is 0 Å². The quantitative estimate of drug-likeness (QED) is 0.778. The smallest absolute Gasteiger partial charge is 0.223 e. The van der Waals surface area contributed by atoms with E-state index >= 15 is 0 Å². The molecule has 0 amide bonds. The Bertz CT molecular complexity index is 717. The zero-order valence-electron chi connectivity index (χ0n) is 11.0. The highest BCUT2D eigenvalue weighted by Crippen LogP contribution is 2.13. The van der Waals surface area contributed by atoms with E-state index in [1.807, 2.05) is 55.3 Å². The fourth-order valence-corrected chi connectivity index (χ4v) is 1.95. The molecule has 3 aromatic rings. The monoisotopic (exact) mass is 253 g/mol. The van der Waals surface area contributed by atoms with E-state index in [0.29, 0.717) is 12.5 Å². The zero-order chi connectivity index (χ0) is 13.2. The highest BCUT2D eigenvalue weighted by Gasteiger charge is 2.04. The number of aromatic nitrogens is 4. The molecule has 0 saturated carbocycles. The second-order valence-electron chi connectivity index (χ2n) is 4.48. The molecular formula is C14H15N5. The van der Waals surface area contributed by atoms with Gasteiger partial charge in [-0.1, -0.05) is 18.2 Å². The van der Waals surface area contributed by atoms with Crippen molar-refractivity contribution in [3.63, 3.8) is 0 Å². The number of nitrogens with zero attached hydrogens (tertiary/aromatic N) is 4. The summed E-state index contributed by atoms with van der Waals surface area (Å²) in [5, 5.41) is 8.49. The minimum Gasteiger partial charge on any atom is -0.350 e. The van der Waals surface area contributed by atoms with E-state index in [1.165, 1.54) is 0 Å². The van der Waals surface area contributed by atoms with Crippen molar-refractivity contribution >= 4 is 16.9 Å². The maximum absolute atomic E-state index is 4.48. The molecule has 2 aromatic heterocycles. The Hall–Kier alpha value is -2.43.